The van der Waals surface area contributed by atoms with Crippen molar-refractivity contribution in [3.8, 4) is 0 Å². The fourth-order valence-electron chi connectivity index (χ4n) is 2.26. The highest BCUT2D eigenvalue weighted by Gasteiger charge is 2.20. The molecule has 3 heterocycles. The van der Waals surface area contributed by atoms with E-state index < -0.39 is 0 Å². The molecule has 0 atom stereocenters. The summed E-state index contributed by atoms with van der Waals surface area (Å²) in [7, 11) is 0. The SMILES string of the molecule is C=Cc1c(C)c2c(n3ncnc13)CNC2. The van der Waals surface area contributed by atoms with Crippen LogP contribution in [0.4, 0.5) is 0 Å². The molecule has 4 heteroatoms. The first-order valence-electron chi connectivity index (χ1n) is 5.00. The number of aromatic nitrogens is 3. The molecule has 0 bridgehead atoms. The summed E-state index contributed by atoms with van der Waals surface area (Å²) in [4.78, 5) is 4.28. The van der Waals surface area contributed by atoms with Crippen LogP contribution in [-0.4, -0.2) is 14.6 Å². The minimum absolute atomic E-state index is 0.869. The largest absolute Gasteiger partial charge is 0.307 e. The molecule has 2 aromatic rings. The summed E-state index contributed by atoms with van der Waals surface area (Å²) in [5.74, 6) is 0. The lowest BCUT2D eigenvalue weighted by Crippen LogP contribution is -2.04. The Morgan fingerprint density at radius 1 is 1.53 bits per heavy atom. The molecule has 0 fully saturated rings. The average molecular weight is 200 g/mol. The lowest BCUT2D eigenvalue weighted by atomic mass is 10.0. The third-order valence-corrected chi connectivity index (χ3v) is 3.05. The van der Waals surface area contributed by atoms with Crippen LogP contribution in [0.3, 0.4) is 0 Å². The van der Waals surface area contributed by atoms with E-state index in [0.717, 1.165) is 24.3 Å². The lowest BCUT2D eigenvalue weighted by molar-refractivity contribution is 0.741. The Morgan fingerprint density at radius 3 is 3.20 bits per heavy atom. The Kier molecular flexibility index (Phi) is 1.67. The van der Waals surface area contributed by atoms with Gasteiger partial charge in [-0.25, -0.2) is 9.50 Å². The van der Waals surface area contributed by atoms with E-state index in [0.29, 0.717) is 0 Å². The van der Waals surface area contributed by atoms with E-state index in [-0.39, 0.29) is 0 Å². The third kappa shape index (κ3) is 0.995. The lowest BCUT2D eigenvalue weighted by Gasteiger charge is -2.09. The molecule has 0 saturated heterocycles. The van der Waals surface area contributed by atoms with E-state index in [1.807, 2.05) is 10.6 Å². The second kappa shape index (κ2) is 2.90. The number of nitrogens with one attached hydrogen (secondary N) is 1. The van der Waals surface area contributed by atoms with E-state index in [1.165, 1.54) is 16.8 Å². The van der Waals surface area contributed by atoms with E-state index in [2.05, 4.69) is 28.9 Å². The monoisotopic (exact) mass is 200 g/mol. The van der Waals surface area contributed by atoms with Gasteiger partial charge in [0.15, 0.2) is 5.65 Å². The highest BCUT2D eigenvalue weighted by Crippen LogP contribution is 2.25. The second-order valence-electron chi connectivity index (χ2n) is 3.77. The van der Waals surface area contributed by atoms with Crippen LogP contribution in [0.25, 0.3) is 11.7 Å². The van der Waals surface area contributed by atoms with Gasteiger partial charge in [-0.15, -0.1) is 0 Å². The van der Waals surface area contributed by atoms with E-state index >= 15 is 0 Å². The van der Waals surface area contributed by atoms with Gasteiger partial charge in [-0.05, 0) is 18.1 Å². The first-order chi connectivity index (χ1) is 7.33. The molecule has 0 aromatic carbocycles. The van der Waals surface area contributed by atoms with Crippen molar-refractivity contribution < 1.29 is 0 Å². The fraction of sp³-hybridized carbons (Fsp3) is 0.273. The summed E-state index contributed by atoms with van der Waals surface area (Å²) in [6, 6.07) is 0. The summed E-state index contributed by atoms with van der Waals surface area (Å²) in [6.45, 7) is 7.75. The van der Waals surface area contributed by atoms with Crippen LogP contribution >= 0.6 is 0 Å². The number of hydrogen-bond donors (Lipinski definition) is 1. The minimum Gasteiger partial charge on any atom is -0.307 e. The van der Waals surface area contributed by atoms with Gasteiger partial charge in [0.25, 0.3) is 0 Å². The molecule has 15 heavy (non-hydrogen) atoms. The Hall–Kier alpha value is -1.68. The van der Waals surface area contributed by atoms with Crippen molar-refractivity contribution in [2.45, 2.75) is 20.0 Å². The number of fused-ring (bicyclic) bond motifs is 3. The van der Waals surface area contributed by atoms with Crippen molar-refractivity contribution >= 4 is 11.7 Å². The van der Waals surface area contributed by atoms with Gasteiger partial charge in [0.2, 0.25) is 0 Å². The first-order valence-corrected chi connectivity index (χ1v) is 5.00. The Bertz CT molecular complexity index is 553. The normalized spacial score (nSPS) is 14.5. The van der Waals surface area contributed by atoms with E-state index in [1.54, 1.807) is 6.33 Å². The summed E-state index contributed by atoms with van der Waals surface area (Å²) in [6.07, 6.45) is 3.46. The van der Waals surface area contributed by atoms with Gasteiger partial charge >= 0.3 is 0 Å². The number of nitrogens with zero attached hydrogens (tertiary/aromatic N) is 3. The van der Waals surface area contributed by atoms with E-state index in [9.17, 15) is 0 Å². The smallest absolute Gasteiger partial charge is 0.163 e. The van der Waals surface area contributed by atoms with Crippen LogP contribution in [0.1, 0.15) is 22.4 Å². The van der Waals surface area contributed by atoms with Crippen LogP contribution in [0.5, 0.6) is 0 Å². The molecule has 0 radical (unpaired) electrons. The number of rotatable bonds is 1. The van der Waals surface area contributed by atoms with Gasteiger partial charge < -0.3 is 5.32 Å². The number of hydrogen-bond acceptors (Lipinski definition) is 3. The quantitative estimate of drug-likeness (QED) is 0.754. The van der Waals surface area contributed by atoms with Gasteiger partial charge in [-0.1, -0.05) is 12.7 Å². The maximum absolute atomic E-state index is 4.28. The molecule has 3 rings (SSSR count). The van der Waals surface area contributed by atoms with Gasteiger partial charge in [0.1, 0.15) is 6.33 Å². The standard InChI is InChI=1S/C11H12N4/c1-3-8-7(2)9-4-12-5-10(9)15-11(8)13-6-14-15/h3,6,12H,1,4-5H2,2H3. The molecule has 0 unspecified atom stereocenters. The molecular weight excluding hydrogens is 188 g/mol. The molecule has 76 valence electrons. The van der Waals surface area contributed by atoms with Crippen molar-refractivity contribution in [2.75, 3.05) is 0 Å². The summed E-state index contributed by atoms with van der Waals surface area (Å²) in [5.41, 5.74) is 5.83. The van der Waals surface area contributed by atoms with E-state index in [4.69, 9.17) is 0 Å². The average Bonchev–Trinajstić information content (AvgIpc) is 2.84. The highest BCUT2D eigenvalue weighted by atomic mass is 15.3. The summed E-state index contributed by atoms with van der Waals surface area (Å²) >= 11 is 0. The molecule has 0 amide bonds. The molecule has 0 aliphatic carbocycles. The highest BCUT2D eigenvalue weighted by molar-refractivity contribution is 5.69. The minimum atomic E-state index is 0.869. The van der Waals surface area contributed by atoms with Crippen molar-refractivity contribution in [1.29, 1.82) is 0 Å². The van der Waals surface area contributed by atoms with Crippen LogP contribution in [0.2, 0.25) is 0 Å². The van der Waals surface area contributed by atoms with Crippen LogP contribution < -0.4 is 5.32 Å². The van der Waals surface area contributed by atoms with Gasteiger partial charge in [0, 0.05) is 18.7 Å². The van der Waals surface area contributed by atoms with Gasteiger partial charge in [-0.2, -0.15) is 5.10 Å². The predicted octanol–water partition coefficient (Wildman–Crippen LogP) is 1.28. The first kappa shape index (κ1) is 8.61. The third-order valence-electron chi connectivity index (χ3n) is 3.05. The summed E-state index contributed by atoms with van der Waals surface area (Å²) in [5, 5.41) is 7.60. The molecule has 2 aromatic heterocycles. The Labute approximate surface area is 87.6 Å². The fourth-order valence-corrected chi connectivity index (χ4v) is 2.26. The summed E-state index contributed by atoms with van der Waals surface area (Å²) < 4.78 is 1.92. The topological polar surface area (TPSA) is 42.2 Å². The predicted molar refractivity (Wildman–Crippen MR) is 58.4 cm³/mol. The van der Waals surface area contributed by atoms with Crippen molar-refractivity contribution in [3.63, 3.8) is 0 Å². The van der Waals surface area contributed by atoms with Crippen molar-refractivity contribution in [1.82, 2.24) is 19.9 Å². The zero-order chi connectivity index (χ0) is 10.4. The molecule has 1 aliphatic heterocycles. The van der Waals surface area contributed by atoms with Crippen molar-refractivity contribution in [2.24, 2.45) is 0 Å². The maximum Gasteiger partial charge on any atom is 0.163 e. The van der Waals surface area contributed by atoms with Crippen LogP contribution in [0.15, 0.2) is 12.9 Å². The Balaban J connectivity index is 2.52. The zero-order valence-electron chi connectivity index (χ0n) is 8.62. The zero-order valence-corrected chi connectivity index (χ0v) is 8.62. The van der Waals surface area contributed by atoms with Crippen LogP contribution in [0, 0.1) is 6.92 Å². The second-order valence-corrected chi connectivity index (χ2v) is 3.77. The van der Waals surface area contributed by atoms with Crippen LogP contribution in [-0.2, 0) is 13.1 Å². The Morgan fingerprint density at radius 2 is 2.40 bits per heavy atom. The molecule has 1 aliphatic rings. The van der Waals surface area contributed by atoms with Gasteiger partial charge in [0.05, 0.1) is 5.69 Å². The van der Waals surface area contributed by atoms with Crippen molar-refractivity contribution in [3.05, 3.63) is 35.3 Å². The molecule has 0 saturated carbocycles. The molecular formula is C11H12N4. The molecule has 0 spiro atoms. The maximum atomic E-state index is 4.28. The molecule has 1 N–H and O–H groups in total. The van der Waals surface area contributed by atoms with Gasteiger partial charge in [-0.3, -0.25) is 0 Å². The molecule has 4 nitrogen and oxygen atoms in total. The number of pyridine rings is 1.